The number of nitrogens with one attached hydrogen (secondary N) is 2. The Kier molecular flexibility index (Phi) is 9.45. The van der Waals surface area contributed by atoms with Crippen LogP contribution >= 0.6 is 0 Å². The van der Waals surface area contributed by atoms with E-state index in [4.69, 9.17) is 10.5 Å². The van der Waals surface area contributed by atoms with Gasteiger partial charge in [-0.05, 0) is 56.4 Å². The second-order valence-corrected chi connectivity index (χ2v) is 10.6. The minimum atomic E-state index is -4.46. The van der Waals surface area contributed by atoms with Gasteiger partial charge in [0.1, 0.15) is 23.5 Å². The van der Waals surface area contributed by atoms with Crippen LogP contribution in [-0.4, -0.2) is 38.1 Å². The van der Waals surface area contributed by atoms with Crippen molar-refractivity contribution in [3.05, 3.63) is 24.3 Å². The van der Waals surface area contributed by atoms with Crippen LogP contribution in [0.15, 0.2) is 18.5 Å². The molecule has 3 heterocycles. The Balaban J connectivity index is 0.000000333. The quantitative estimate of drug-likeness (QED) is 0.381. The maximum Gasteiger partial charge on any atom is 0.405 e. The molecule has 11 heteroatoms. The third kappa shape index (κ3) is 7.50. The number of amides is 1. The van der Waals surface area contributed by atoms with E-state index in [0.717, 1.165) is 48.9 Å². The minimum Gasteiger partial charge on any atom is -0.347 e. The first-order valence-electron chi connectivity index (χ1n) is 13.7. The van der Waals surface area contributed by atoms with Crippen molar-refractivity contribution in [3.63, 3.8) is 0 Å². The van der Waals surface area contributed by atoms with Gasteiger partial charge in [-0.2, -0.15) is 23.7 Å². The molecule has 0 aromatic carbocycles. The van der Waals surface area contributed by atoms with E-state index in [0.29, 0.717) is 29.3 Å². The van der Waals surface area contributed by atoms with Crippen molar-refractivity contribution < 1.29 is 18.0 Å². The number of imidazole rings is 1. The SMILES string of the molecule is N#CCC1CCC(n2c(CC(=O)NCC(F)(F)F)nc3cnc4[nH]ccc4c32)CC1.N#CCC1CCCCC1. The Morgan fingerprint density at radius 1 is 1.05 bits per heavy atom. The van der Waals surface area contributed by atoms with Crippen molar-refractivity contribution in [2.75, 3.05) is 6.54 Å². The molecule has 5 rings (SSSR count). The van der Waals surface area contributed by atoms with Gasteiger partial charge in [-0.3, -0.25) is 4.79 Å². The number of rotatable bonds is 6. The van der Waals surface area contributed by atoms with Gasteiger partial charge in [-0.1, -0.05) is 19.3 Å². The molecule has 2 saturated carbocycles. The number of nitriles is 2. The lowest BCUT2D eigenvalue weighted by Gasteiger charge is -2.30. The maximum atomic E-state index is 12.5. The third-order valence-electron chi connectivity index (χ3n) is 7.78. The molecule has 1 amide bonds. The van der Waals surface area contributed by atoms with Crippen LogP contribution in [0.1, 0.15) is 82.5 Å². The lowest BCUT2D eigenvalue weighted by molar-refractivity contribution is -0.138. The normalized spacial score (nSPS) is 20.1. The fourth-order valence-corrected chi connectivity index (χ4v) is 5.82. The second-order valence-electron chi connectivity index (χ2n) is 10.6. The van der Waals surface area contributed by atoms with Crippen LogP contribution in [0.4, 0.5) is 13.2 Å². The summed E-state index contributed by atoms with van der Waals surface area (Å²) in [7, 11) is 0. The summed E-state index contributed by atoms with van der Waals surface area (Å²) in [5.74, 6) is 0.807. The van der Waals surface area contributed by atoms with E-state index < -0.39 is 18.6 Å². The number of halogens is 3. The highest BCUT2D eigenvalue weighted by molar-refractivity contribution is 6.01. The third-order valence-corrected chi connectivity index (χ3v) is 7.78. The average Bonchev–Trinajstić information content (AvgIpc) is 3.53. The summed E-state index contributed by atoms with van der Waals surface area (Å²) in [6, 6.07) is 6.41. The van der Waals surface area contributed by atoms with E-state index in [1.807, 2.05) is 16.0 Å². The second kappa shape index (κ2) is 13.0. The van der Waals surface area contributed by atoms with Crippen LogP contribution in [0, 0.1) is 34.5 Å². The highest BCUT2D eigenvalue weighted by Gasteiger charge is 2.30. The molecule has 0 bridgehead atoms. The molecule has 0 spiro atoms. The molecule has 208 valence electrons. The summed E-state index contributed by atoms with van der Waals surface area (Å²) < 4.78 is 39.4. The molecule has 0 aliphatic heterocycles. The first-order chi connectivity index (χ1) is 18.8. The number of H-pyrrole nitrogens is 1. The summed E-state index contributed by atoms with van der Waals surface area (Å²) in [6.45, 7) is -1.37. The standard InChI is InChI=1S/C20H21F3N6O.C8H13N/c21-20(22,23)11-27-17(30)9-16-28-15-10-26-19-14(6-8-25-19)18(15)29(16)13-3-1-12(2-4-13)5-7-24;9-7-6-8-4-2-1-3-5-8/h6,8,10,12-13H,1-5,9,11H2,(H,25,26)(H,27,30);8H,1-6H2. The lowest BCUT2D eigenvalue weighted by Crippen LogP contribution is -2.35. The Labute approximate surface area is 225 Å². The number of nitrogens with zero attached hydrogens (tertiary/aromatic N) is 5. The molecular weight excluding hydrogens is 507 g/mol. The Morgan fingerprint density at radius 3 is 2.36 bits per heavy atom. The van der Waals surface area contributed by atoms with E-state index in [9.17, 15) is 18.0 Å². The van der Waals surface area contributed by atoms with Crippen molar-refractivity contribution >= 4 is 28.0 Å². The minimum absolute atomic E-state index is 0.0656. The molecule has 2 N–H and O–H groups in total. The molecule has 2 fully saturated rings. The molecule has 3 aromatic heterocycles. The number of aromatic nitrogens is 4. The van der Waals surface area contributed by atoms with Gasteiger partial charge in [0.2, 0.25) is 5.91 Å². The van der Waals surface area contributed by atoms with Crippen LogP contribution in [0.25, 0.3) is 22.1 Å². The number of hydrogen-bond acceptors (Lipinski definition) is 5. The summed E-state index contributed by atoms with van der Waals surface area (Å²) in [6.07, 6.45) is 10.1. The van der Waals surface area contributed by atoms with Crippen LogP contribution in [-0.2, 0) is 11.2 Å². The van der Waals surface area contributed by atoms with Gasteiger partial charge in [0.25, 0.3) is 0 Å². The van der Waals surface area contributed by atoms with Gasteiger partial charge in [0, 0.05) is 30.5 Å². The molecule has 8 nitrogen and oxygen atoms in total. The Morgan fingerprint density at radius 2 is 1.72 bits per heavy atom. The van der Waals surface area contributed by atoms with Crippen LogP contribution in [0.2, 0.25) is 0 Å². The van der Waals surface area contributed by atoms with Crippen molar-refractivity contribution in [1.29, 1.82) is 10.5 Å². The number of carbonyl (C=O) groups is 1. The first-order valence-corrected chi connectivity index (χ1v) is 13.7. The molecule has 2 aliphatic rings. The fourth-order valence-electron chi connectivity index (χ4n) is 5.82. The number of hydrogen-bond donors (Lipinski definition) is 2. The van der Waals surface area contributed by atoms with Gasteiger partial charge in [-0.15, -0.1) is 0 Å². The molecule has 2 aliphatic carbocycles. The smallest absolute Gasteiger partial charge is 0.347 e. The summed E-state index contributed by atoms with van der Waals surface area (Å²) in [4.78, 5) is 24.1. The predicted molar refractivity (Wildman–Crippen MR) is 140 cm³/mol. The number of alkyl halides is 3. The Hall–Kier alpha value is -3.60. The molecule has 0 unspecified atom stereocenters. The van der Waals surface area contributed by atoms with Crippen molar-refractivity contribution in [3.8, 4) is 12.1 Å². The summed E-state index contributed by atoms with van der Waals surface area (Å²) in [5.41, 5.74) is 2.14. The van der Waals surface area contributed by atoms with Crippen molar-refractivity contribution in [2.45, 2.75) is 89.3 Å². The topological polar surface area (TPSA) is 123 Å². The van der Waals surface area contributed by atoms with Gasteiger partial charge >= 0.3 is 6.18 Å². The fraction of sp³-hybridized carbons (Fsp3) is 0.607. The zero-order valence-electron chi connectivity index (χ0n) is 21.9. The first kappa shape index (κ1) is 28.4. The maximum absolute atomic E-state index is 12.5. The molecule has 0 saturated heterocycles. The number of carbonyl (C=O) groups excluding carboxylic acids is 1. The van der Waals surface area contributed by atoms with Crippen LogP contribution in [0.5, 0.6) is 0 Å². The molecule has 3 aromatic rings. The van der Waals surface area contributed by atoms with E-state index in [1.54, 1.807) is 12.4 Å². The highest BCUT2D eigenvalue weighted by atomic mass is 19.4. The van der Waals surface area contributed by atoms with Crippen molar-refractivity contribution in [1.82, 2.24) is 24.8 Å². The van der Waals surface area contributed by atoms with Gasteiger partial charge in [-0.25, -0.2) is 9.97 Å². The average molecular weight is 542 g/mol. The Bertz CT molecular complexity index is 1330. The van der Waals surface area contributed by atoms with Crippen molar-refractivity contribution in [2.24, 2.45) is 11.8 Å². The van der Waals surface area contributed by atoms with Crippen LogP contribution in [0.3, 0.4) is 0 Å². The van der Waals surface area contributed by atoms with Gasteiger partial charge in [0.15, 0.2) is 0 Å². The molecular formula is C28H34F3N7O. The van der Waals surface area contributed by atoms with E-state index >= 15 is 0 Å². The highest BCUT2D eigenvalue weighted by Crippen LogP contribution is 2.38. The predicted octanol–water partition coefficient (Wildman–Crippen LogP) is 6.26. The van der Waals surface area contributed by atoms with E-state index in [2.05, 4.69) is 27.1 Å². The summed E-state index contributed by atoms with van der Waals surface area (Å²) >= 11 is 0. The van der Waals surface area contributed by atoms with Crippen LogP contribution < -0.4 is 5.32 Å². The molecule has 0 atom stereocenters. The number of fused-ring (bicyclic) bond motifs is 3. The van der Waals surface area contributed by atoms with E-state index in [1.165, 1.54) is 32.1 Å². The zero-order valence-corrected chi connectivity index (χ0v) is 21.9. The number of aromatic amines is 1. The largest absolute Gasteiger partial charge is 0.405 e. The van der Waals surface area contributed by atoms with Gasteiger partial charge in [0.05, 0.1) is 30.3 Å². The van der Waals surface area contributed by atoms with E-state index in [-0.39, 0.29) is 12.5 Å². The monoisotopic (exact) mass is 541 g/mol. The lowest BCUT2D eigenvalue weighted by atomic mass is 9.84. The number of pyridine rings is 1. The zero-order chi connectivity index (χ0) is 27.8. The molecule has 0 radical (unpaired) electrons. The van der Waals surface area contributed by atoms with Gasteiger partial charge < -0.3 is 14.9 Å². The molecule has 39 heavy (non-hydrogen) atoms. The summed E-state index contributed by atoms with van der Waals surface area (Å²) in [5, 5.41) is 20.1.